The molecule has 19 heteroatoms. The van der Waals surface area contributed by atoms with E-state index in [1.54, 1.807) is 0 Å². The molecule has 0 spiro atoms. The predicted molar refractivity (Wildman–Crippen MR) is 358 cm³/mol. The maximum Gasteiger partial charge on any atom is 0.472 e. The number of aliphatic hydroxyl groups is 1. The van der Waals surface area contributed by atoms with E-state index in [2.05, 4.69) is 41.5 Å². The van der Waals surface area contributed by atoms with Crippen molar-refractivity contribution in [3.05, 3.63) is 0 Å². The Balaban J connectivity index is 5.19. The quantitative estimate of drug-likeness (QED) is 0.0222. The molecule has 17 nitrogen and oxygen atoms in total. The first-order chi connectivity index (χ1) is 42.9. The molecule has 0 aliphatic rings. The Hall–Kier alpha value is -1.94. The third kappa shape index (κ3) is 63.2. The first-order valence-corrected chi connectivity index (χ1v) is 39.5. The third-order valence-corrected chi connectivity index (χ3v) is 18.5. The van der Waals surface area contributed by atoms with Crippen molar-refractivity contribution in [3.63, 3.8) is 0 Å². The van der Waals surface area contributed by atoms with Crippen LogP contribution in [-0.4, -0.2) is 96.7 Å². The highest BCUT2D eigenvalue weighted by Crippen LogP contribution is 2.45. The van der Waals surface area contributed by atoms with Gasteiger partial charge in [-0.3, -0.25) is 37.3 Å². The van der Waals surface area contributed by atoms with Gasteiger partial charge in [0.15, 0.2) is 12.2 Å². The van der Waals surface area contributed by atoms with Crippen LogP contribution in [0, 0.1) is 11.8 Å². The number of phosphoric acid groups is 2. The highest BCUT2D eigenvalue weighted by Gasteiger charge is 2.30. The van der Waals surface area contributed by atoms with Crippen molar-refractivity contribution in [2.24, 2.45) is 11.8 Å². The molecule has 0 bridgehead atoms. The van der Waals surface area contributed by atoms with Crippen molar-refractivity contribution in [1.29, 1.82) is 0 Å². The van der Waals surface area contributed by atoms with Crippen LogP contribution in [0.15, 0.2) is 0 Å². The molecule has 0 aliphatic heterocycles. The zero-order chi connectivity index (χ0) is 65.7. The summed E-state index contributed by atoms with van der Waals surface area (Å²) < 4.78 is 68.2. The lowest BCUT2D eigenvalue weighted by molar-refractivity contribution is -0.161. The molecule has 89 heavy (non-hydrogen) atoms. The molecule has 0 amide bonds. The number of rotatable bonds is 69. The molecule has 0 aromatic rings. The fourth-order valence-electron chi connectivity index (χ4n) is 10.6. The Morgan fingerprint density at radius 1 is 0.326 bits per heavy atom. The normalized spacial score (nSPS) is 14.4. The predicted octanol–water partition coefficient (Wildman–Crippen LogP) is 20.0. The number of hydrogen-bond acceptors (Lipinski definition) is 15. The van der Waals surface area contributed by atoms with Gasteiger partial charge in [-0.25, -0.2) is 9.13 Å². The molecule has 0 saturated carbocycles. The van der Waals surface area contributed by atoms with Crippen molar-refractivity contribution in [2.45, 2.75) is 374 Å². The minimum absolute atomic E-state index is 0.106. The van der Waals surface area contributed by atoms with Gasteiger partial charge in [0.25, 0.3) is 0 Å². The monoisotopic (exact) mass is 1310 g/mol. The molecular weight excluding hydrogens is 1170 g/mol. The van der Waals surface area contributed by atoms with Gasteiger partial charge in [-0.2, -0.15) is 0 Å². The standard InChI is InChI=1S/C70H136O17P2/c1-7-10-12-14-16-17-29-36-42-48-54-69(74)86-65(58-80-67(72)52-46-40-32-15-13-11-8-2)60-84-88(76,77)82-56-64(71)57-83-89(78,79)85-61-66(59-81-68(73)53-47-41-35-30-26-25-28-34-39-45-51-63(6)9-3)87-70(75)55-49-43-37-31-24-22-20-18-19-21-23-27-33-38-44-50-62(4)5/h62-66,71H,7-61H2,1-6H3,(H,76,77)(H,78,79)/t63?,64-,65+,66+/m0/s1. The van der Waals surface area contributed by atoms with E-state index in [9.17, 15) is 43.2 Å². The Labute approximate surface area is 543 Å². The second kappa shape index (κ2) is 62.2. The lowest BCUT2D eigenvalue weighted by atomic mass is 9.99. The van der Waals surface area contributed by atoms with Crippen LogP contribution in [-0.2, 0) is 65.4 Å². The first kappa shape index (κ1) is 87.1. The Morgan fingerprint density at radius 3 is 0.854 bits per heavy atom. The SMILES string of the molecule is CCCCCCCCCCCCC(=O)O[C@H](COC(=O)CCCCCCCCC)COP(=O)(O)OC[C@H](O)COP(=O)(O)OC[C@@H](COC(=O)CCCCCCCCCCCCC(C)CC)OC(=O)CCCCCCCCCCCCCCCCCC(C)C. The fourth-order valence-corrected chi connectivity index (χ4v) is 12.1. The molecule has 0 aromatic carbocycles. The molecule has 0 heterocycles. The summed E-state index contributed by atoms with van der Waals surface area (Å²) in [6.07, 6.45) is 47.2. The van der Waals surface area contributed by atoms with E-state index in [1.807, 2.05) is 0 Å². The average Bonchev–Trinajstić information content (AvgIpc) is 3.70. The van der Waals surface area contributed by atoms with Gasteiger partial charge in [0.1, 0.15) is 19.3 Å². The molecule has 0 rings (SSSR count). The van der Waals surface area contributed by atoms with E-state index in [1.165, 1.54) is 161 Å². The number of carbonyl (C=O) groups excluding carboxylic acids is 4. The number of esters is 4. The lowest BCUT2D eigenvalue weighted by Gasteiger charge is -2.21. The molecule has 0 saturated heterocycles. The van der Waals surface area contributed by atoms with Crippen molar-refractivity contribution in [2.75, 3.05) is 39.6 Å². The summed E-state index contributed by atoms with van der Waals surface area (Å²) in [5.41, 5.74) is 0. The van der Waals surface area contributed by atoms with Crippen LogP contribution in [0.2, 0.25) is 0 Å². The van der Waals surface area contributed by atoms with Gasteiger partial charge in [0, 0.05) is 25.7 Å². The van der Waals surface area contributed by atoms with Crippen LogP contribution in [0.1, 0.15) is 356 Å². The van der Waals surface area contributed by atoms with Gasteiger partial charge in [-0.05, 0) is 37.5 Å². The summed E-state index contributed by atoms with van der Waals surface area (Å²) in [4.78, 5) is 72.4. The third-order valence-electron chi connectivity index (χ3n) is 16.6. The van der Waals surface area contributed by atoms with Crippen molar-refractivity contribution < 1.29 is 80.2 Å². The summed E-state index contributed by atoms with van der Waals surface area (Å²) in [6, 6.07) is 0. The van der Waals surface area contributed by atoms with Crippen LogP contribution < -0.4 is 0 Å². The fraction of sp³-hybridized carbons (Fsp3) is 0.943. The summed E-state index contributed by atoms with van der Waals surface area (Å²) in [5.74, 6) is -0.516. The molecule has 0 radical (unpaired) electrons. The Bertz CT molecular complexity index is 1740. The van der Waals surface area contributed by atoms with Crippen LogP contribution in [0.3, 0.4) is 0 Å². The number of carbonyl (C=O) groups is 4. The zero-order valence-electron chi connectivity index (χ0n) is 57.7. The average molecular weight is 1310 g/mol. The van der Waals surface area contributed by atoms with Gasteiger partial charge in [0.05, 0.1) is 26.4 Å². The second-order valence-corrected chi connectivity index (χ2v) is 28.9. The van der Waals surface area contributed by atoms with E-state index in [4.69, 9.17) is 37.0 Å². The molecular formula is C70H136O17P2. The summed E-state index contributed by atoms with van der Waals surface area (Å²) >= 11 is 0. The maximum atomic E-state index is 13.0. The van der Waals surface area contributed by atoms with Gasteiger partial charge < -0.3 is 33.8 Å². The largest absolute Gasteiger partial charge is 0.472 e. The van der Waals surface area contributed by atoms with Gasteiger partial charge in [-0.15, -0.1) is 0 Å². The number of hydrogen-bond donors (Lipinski definition) is 3. The molecule has 0 fully saturated rings. The smallest absolute Gasteiger partial charge is 0.462 e. The van der Waals surface area contributed by atoms with Gasteiger partial charge in [-0.1, -0.05) is 305 Å². The van der Waals surface area contributed by atoms with E-state index in [-0.39, 0.29) is 25.7 Å². The summed E-state index contributed by atoms with van der Waals surface area (Å²) in [5, 5.41) is 10.6. The van der Waals surface area contributed by atoms with E-state index < -0.39 is 97.5 Å². The van der Waals surface area contributed by atoms with Gasteiger partial charge >= 0.3 is 39.5 Å². The van der Waals surface area contributed by atoms with Crippen LogP contribution in [0.5, 0.6) is 0 Å². The highest BCUT2D eigenvalue weighted by molar-refractivity contribution is 7.47. The molecule has 0 aliphatic carbocycles. The minimum atomic E-state index is -4.95. The van der Waals surface area contributed by atoms with Crippen LogP contribution in [0.4, 0.5) is 0 Å². The summed E-state index contributed by atoms with van der Waals surface area (Å²) in [7, 11) is -9.89. The lowest BCUT2D eigenvalue weighted by Crippen LogP contribution is -2.30. The number of aliphatic hydroxyl groups excluding tert-OH is 1. The van der Waals surface area contributed by atoms with E-state index in [0.29, 0.717) is 25.7 Å². The molecule has 0 aromatic heterocycles. The van der Waals surface area contributed by atoms with Crippen molar-refractivity contribution in [1.82, 2.24) is 0 Å². The van der Waals surface area contributed by atoms with Crippen molar-refractivity contribution >= 4 is 39.5 Å². The molecule has 6 atom stereocenters. The minimum Gasteiger partial charge on any atom is -0.462 e. The van der Waals surface area contributed by atoms with Crippen LogP contribution >= 0.6 is 15.6 Å². The zero-order valence-corrected chi connectivity index (χ0v) is 59.5. The topological polar surface area (TPSA) is 237 Å². The maximum absolute atomic E-state index is 13.0. The van der Waals surface area contributed by atoms with E-state index >= 15 is 0 Å². The van der Waals surface area contributed by atoms with Crippen LogP contribution in [0.25, 0.3) is 0 Å². The Morgan fingerprint density at radius 2 is 0.573 bits per heavy atom. The number of phosphoric ester groups is 2. The first-order valence-electron chi connectivity index (χ1n) is 36.5. The number of ether oxygens (including phenoxy) is 4. The summed E-state index contributed by atoms with van der Waals surface area (Å²) in [6.45, 7) is 9.55. The second-order valence-electron chi connectivity index (χ2n) is 26.0. The molecule has 528 valence electrons. The van der Waals surface area contributed by atoms with Gasteiger partial charge in [0.2, 0.25) is 0 Å². The van der Waals surface area contributed by atoms with Crippen molar-refractivity contribution in [3.8, 4) is 0 Å². The van der Waals surface area contributed by atoms with E-state index in [0.717, 1.165) is 115 Å². The highest BCUT2D eigenvalue weighted by atomic mass is 31.2. The Kier molecular flexibility index (Phi) is 60.8. The molecule has 3 N–H and O–H groups in total. The molecule has 3 unspecified atom stereocenters. The number of unbranched alkanes of at least 4 members (excludes halogenated alkanes) is 38.